The molecule has 5 rings (SSSR count). The van der Waals surface area contributed by atoms with E-state index >= 15 is 0 Å². The number of nitrogens with one attached hydrogen (secondary N) is 1. The maximum atomic E-state index is 13.5. The zero-order valence-corrected chi connectivity index (χ0v) is 21.1. The van der Waals surface area contributed by atoms with E-state index in [4.69, 9.17) is 11.6 Å². The largest absolute Gasteiger partial charge is 0.352 e. The molecule has 9 nitrogen and oxygen atoms in total. The van der Waals surface area contributed by atoms with Crippen molar-refractivity contribution in [3.8, 4) is 0 Å². The molecular formula is C28H24ClN5O4. The predicted octanol–water partition coefficient (Wildman–Crippen LogP) is 2.97. The van der Waals surface area contributed by atoms with Crippen molar-refractivity contribution in [3.05, 3.63) is 126 Å². The minimum absolute atomic E-state index is 0.0125. The van der Waals surface area contributed by atoms with E-state index in [2.05, 4.69) is 10.3 Å². The number of pyridine rings is 1. The Bertz CT molecular complexity index is 1840. The lowest BCUT2D eigenvalue weighted by atomic mass is 10.2. The summed E-state index contributed by atoms with van der Waals surface area (Å²) in [5, 5.41) is 3.75. The SMILES string of the molecule is O=C(CCCn1c(=O)c2ccccc2n(Cc2cc(=O)n3ccccc3n2)c1=O)NCc1ccccc1Cl. The van der Waals surface area contributed by atoms with Crippen molar-refractivity contribution < 1.29 is 4.79 Å². The molecule has 2 aromatic carbocycles. The monoisotopic (exact) mass is 529 g/mol. The Morgan fingerprint density at radius 2 is 1.68 bits per heavy atom. The highest BCUT2D eigenvalue weighted by molar-refractivity contribution is 6.31. The third-order valence-corrected chi connectivity index (χ3v) is 6.66. The van der Waals surface area contributed by atoms with Crippen LogP contribution in [0.5, 0.6) is 0 Å². The molecule has 0 bridgehead atoms. The molecule has 0 spiro atoms. The van der Waals surface area contributed by atoms with Crippen LogP contribution in [0.25, 0.3) is 16.6 Å². The second-order valence-corrected chi connectivity index (χ2v) is 9.24. The van der Waals surface area contributed by atoms with E-state index in [1.165, 1.54) is 15.0 Å². The lowest BCUT2D eigenvalue weighted by molar-refractivity contribution is -0.121. The van der Waals surface area contributed by atoms with Gasteiger partial charge < -0.3 is 5.32 Å². The van der Waals surface area contributed by atoms with Crippen LogP contribution in [-0.2, 0) is 24.4 Å². The first-order valence-corrected chi connectivity index (χ1v) is 12.5. The van der Waals surface area contributed by atoms with Gasteiger partial charge in [0, 0.05) is 36.8 Å². The summed E-state index contributed by atoms with van der Waals surface area (Å²) in [6.45, 7) is 0.369. The number of halogens is 1. The van der Waals surface area contributed by atoms with Crippen LogP contribution in [0.4, 0.5) is 0 Å². The minimum atomic E-state index is -0.528. The average molecular weight is 530 g/mol. The maximum absolute atomic E-state index is 13.5. The van der Waals surface area contributed by atoms with E-state index in [1.807, 2.05) is 18.2 Å². The van der Waals surface area contributed by atoms with Crippen LogP contribution in [-0.4, -0.2) is 24.4 Å². The molecule has 0 radical (unpaired) electrons. The number of carbonyl (C=O) groups is 1. The lowest BCUT2D eigenvalue weighted by Gasteiger charge is -2.14. The van der Waals surface area contributed by atoms with Crippen LogP contribution < -0.4 is 22.1 Å². The summed E-state index contributed by atoms with van der Waals surface area (Å²) >= 11 is 6.14. The number of amides is 1. The smallest absolute Gasteiger partial charge is 0.331 e. The van der Waals surface area contributed by atoms with Gasteiger partial charge in [0.25, 0.3) is 11.1 Å². The first-order valence-electron chi connectivity index (χ1n) is 12.1. The molecule has 38 heavy (non-hydrogen) atoms. The van der Waals surface area contributed by atoms with Gasteiger partial charge in [0.1, 0.15) is 5.65 Å². The van der Waals surface area contributed by atoms with E-state index in [0.29, 0.717) is 33.8 Å². The van der Waals surface area contributed by atoms with Gasteiger partial charge in [-0.1, -0.05) is 48.0 Å². The molecular weight excluding hydrogens is 506 g/mol. The second-order valence-electron chi connectivity index (χ2n) is 8.83. The van der Waals surface area contributed by atoms with Gasteiger partial charge in [-0.25, -0.2) is 9.78 Å². The number of hydrogen-bond acceptors (Lipinski definition) is 5. The standard InChI is InChI=1S/C28H24ClN5O4/c29-22-10-3-1-8-19(22)17-30-25(35)13-7-15-33-27(37)21-9-2-4-11-23(21)34(28(33)38)18-20-16-26(36)32-14-6-5-12-24(32)31-20/h1-6,8-12,14,16H,7,13,15,17-18H2,(H,30,35). The molecule has 0 aliphatic heterocycles. The van der Waals surface area contributed by atoms with Crippen LogP contribution in [0.1, 0.15) is 24.1 Å². The summed E-state index contributed by atoms with van der Waals surface area (Å²) < 4.78 is 4.00. The van der Waals surface area contributed by atoms with Crippen molar-refractivity contribution in [2.75, 3.05) is 0 Å². The van der Waals surface area contributed by atoms with Gasteiger partial charge in [-0.15, -0.1) is 0 Å². The molecule has 0 saturated carbocycles. The van der Waals surface area contributed by atoms with Crippen molar-refractivity contribution in [2.45, 2.75) is 32.5 Å². The van der Waals surface area contributed by atoms with E-state index < -0.39 is 11.2 Å². The van der Waals surface area contributed by atoms with Crippen LogP contribution in [0.2, 0.25) is 5.02 Å². The molecule has 3 heterocycles. The molecule has 0 fully saturated rings. The Kier molecular flexibility index (Phi) is 7.19. The minimum Gasteiger partial charge on any atom is -0.352 e. The topological polar surface area (TPSA) is 107 Å². The number of carbonyl (C=O) groups excluding carboxylic acids is 1. The summed E-state index contributed by atoms with van der Waals surface area (Å²) in [4.78, 5) is 56.1. The zero-order chi connectivity index (χ0) is 26.6. The number of fused-ring (bicyclic) bond motifs is 2. The first kappa shape index (κ1) is 25.2. The van der Waals surface area contributed by atoms with Gasteiger partial charge in [0.15, 0.2) is 0 Å². The third kappa shape index (κ3) is 5.14. The molecule has 10 heteroatoms. The number of nitrogens with zero attached hydrogens (tertiary/aromatic N) is 4. The molecule has 0 aliphatic rings. The van der Waals surface area contributed by atoms with E-state index in [9.17, 15) is 19.2 Å². The number of rotatable bonds is 8. The van der Waals surface area contributed by atoms with Gasteiger partial charge in [-0.2, -0.15) is 0 Å². The summed E-state index contributed by atoms with van der Waals surface area (Å²) in [6.07, 6.45) is 2.05. The van der Waals surface area contributed by atoms with Crippen LogP contribution >= 0.6 is 11.6 Å². The Morgan fingerprint density at radius 3 is 2.53 bits per heavy atom. The van der Waals surface area contributed by atoms with E-state index in [-0.39, 0.29) is 37.4 Å². The maximum Gasteiger partial charge on any atom is 0.331 e. The Balaban J connectivity index is 1.39. The molecule has 0 aliphatic carbocycles. The van der Waals surface area contributed by atoms with Gasteiger partial charge in [0.05, 0.1) is 23.1 Å². The second kappa shape index (κ2) is 10.9. The van der Waals surface area contributed by atoms with Gasteiger partial charge in [-0.05, 0) is 42.3 Å². The summed E-state index contributed by atoms with van der Waals surface area (Å²) in [5.41, 5.74) is 0.898. The number of hydrogen-bond donors (Lipinski definition) is 1. The summed E-state index contributed by atoms with van der Waals surface area (Å²) in [7, 11) is 0. The Hall–Kier alpha value is -4.50. The van der Waals surface area contributed by atoms with Crippen LogP contribution in [0.15, 0.2) is 93.4 Å². The predicted molar refractivity (Wildman–Crippen MR) is 146 cm³/mol. The number of benzene rings is 2. The van der Waals surface area contributed by atoms with Crippen LogP contribution in [0.3, 0.4) is 0 Å². The fourth-order valence-electron chi connectivity index (χ4n) is 4.39. The molecule has 192 valence electrons. The molecule has 3 aromatic heterocycles. The molecule has 0 unspecified atom stereocenters. The highest BCUT2D eigenvalue weighted by Gasteiger charge is 2.15. The normalized spacial score (nSPS) is 11.2. The van der Waals surface area contributed by atoms with E-state index in [0.717, 1.165) is 10.1 Å². The van der Waals surface area contributed by atoms with Crippen molar-refractivity contribution in [3.63, 3.8) is 0 Å². The van der Waals surface area contributed by atoms with Gasteiger partial charge in [0.2, 0.25) is 5.91 Å². The third-order valence-electron chi connectivity index (χ3n) is 6.30. The quantitative estimate of drug-likeness (QED) is 0.332. The van der Waals surface area contributed by atoms with Crippen molar-refractivity contribution in [1.29, 1.82) is 0 Å². The van der Waals surface area contributed by atoms with Gasteiger partial charge in [-0.3, -0.25) is 27.9 Å². The van der Waals surface area contributed by atoms with Gasteiger partial charge >= 0.3 is 5.69 Å². The number of aromatic nitrogens is 4. The van der Waals surface area contributed by atoms with Crippen molar-refractivity contribution in [2.24, 2.45) is 0 Å². The van der Waals surface area contributed by atoms with Crippen molar-refractivity contribution in [1.82, 2.24) is 23.8 Å². The molecule has 0 atom stereocenters. The molecule has 5 aromatic rings. The Labute approximate surface area is 221 Å². The number of para-hydroxylation sites is 1. The molecule has 1 N–H and O–H groups in total. The highest BCUT2D eigenvalue weighted by Crippen LogP contribution is 2.14. The Morgan fingerprint density at radius 1 is 0.921 bits per heavy atom. The molecule has 0 saturated heterocycles. The lowest BCUT2D eigenvalue weighted by Crippen LogP contribution is -2.40. The first-order chi connectivity index (χ1) is 18.4. The zero-order valence-electron chi connectivity index (χ0n) is 20.3. The van der Waals surface area contributed by atoms with E-state index in [1.54, 1.807) is 54.7 Å². The fourth-order valence-corrected chi connectivity index (χ4v) is 4.59. The molecule has 1 amide bonds. The summed E-state index contributed by atoms with van der Waals surface area (Å²) in [6, 6.07) is 20.7. The highest BCUT2D eigenvalue weighted by atomic mass is 35.5. The average Bonchev–Trinajstić information content (AvgIpc) is 2.92. The summed E-state index contributed by atoms with van der Waals surface area (Å²) in [5.74, 6) is -0.208. The van der Waals surface area contributed by atoms with Crippen molar-refractivity contribution >= 4 is 34.1 Å². The fraction of sp³-hybridized carbons (Fsp3) is 0.179. The van der Waals surface area contributed by atoms with Crippen LogP contribution in [0, 0.1) is 0 Å².